The van der Waals surface area contributed by atoms with Gasteiger partial charge in [0.1, 0.15) is 0 Å². The lowest BCUT2D eigenvalue weighted by atomic mass is 9.80. The third-order valence-corrected chi connectivity index (χ3v) is 5.22. The molecule has 5 nitrogen and oxygen atoms in total. The normalized spacial score (nSPS) is 18.3. The summed E-state index contributed by atoms with van der Waals surface area (Å²) in [5, 5.41) is 12.5. The Bertz CT molecular complexity index is 1190. The van der Waals surface area contributed by atoms with Crippen LogP contribution < -0.4 is 10.9 Å². The molecule has 0 bridgehead atoms. The number of nitrogens with one attached hydrogen (secondary N) is 2. The lowest BCUT2D eigenvalue weighted by Crippen LogP contribution is -2.28. The summed E-state index contributed by atoms with van der Waals surface area (Å²) in [6.45, 7) is 2.00. The summed E-state index contributed by atoms with van der Waals surface area (Å²) < 4.78 is 0. The molecule has 0 saturated heterocycles. The maximum absolute atomic E-state index is 12.4. The summed E-state index contributed by atoms with van der Waals surface area (Å²) >= 11 is 0. The number of rotatable bonds is 2. The maximum Gasteiger partial charge on any atom is 0.272 e. The molecule has 2 aromatic heterocycles. The molecule has 2 unspecified atom stereocenters. The van der Waals surface area contributed by atoms with Gasteiger partial charge < -0.3 is 5.32 Å². The van der Waals surface area contributed by atoms with Crippen LogP contribution >= 0.6 is 0 Å². The number of nitrogens with zero attached hydrogens (tertiary/aromatic N) is 2. The van der Waals surface area contributed by atoms with Crippen molar-refractivity contribution in [1.82, 2.24) is 15.2 Å². The summed E-state index contributed by atoms with van der Waals surface area (Å²) in [6, 6.07) is 18.4. The molecule has 132 valence electrons. The predicted octanol–water partition coefficient (Wildman–Crippen LogP) is 3.93. The standard InChI is InChI=1S/C22H18N4O/c1-13-11-16-19-17(12-13)24-20(15-7-9-23-10-8-15)18(14-5-3-2-4-6-14)21(19)25-26-22(16)27/h2-12,18,20,24H,1H3,(H,26,27). The molecule has 0 saturated carbocycles. The molecule has 0 radical (unpaired) electrons. The number of hydrogen-bond acceptors (Lipinski definition) is 4. The van der Waals surface area contributed by atoms with E-state index < -0.39 is 0 Å². The lowest BCUT2D eigenvalue weighted by Gasteiger charge is -2.34. The fourth-order valence-corrected chi connectivity index (χ4v) is 4.07. The number of pyridine rings is 1. The van der Waals surface area contributed by atoms with Crippen molar-refractivity contribution in [1.29, 1.82) is 0 Å². The highest BCUT2D eigenvalue weighted by molar-refractivity contribution is 5.98. The lowest BCUT2D eigenvalue weighted by molar-refractivity contribution is 0.637. The summed E-state index contributed by atoms with van der Waals surface area (Å²) in [5.41, 5.74) is 5.01. The molecule has 0 aliphatic carbocycles. The first-order valence-corrected chi connectivity index (χ1v) is 8.97. The van der Waals surface area contributed by atoms with Crippen LogP contribution in [0.5, 0.6) is 0 Å². The van der Waals surface area contributed by atoms with Gasteiger partial charge in [0.05, 0.1) is 23.0 Å². The van der Waals surface area contributed by atoms with E-state index in [0.717, 1.165) is 33.5 Å². The number of aromatic amines is 1. The number of aryl methyl sites for hydroxylation is 1. The van der Waals surface area contributed by atoms with Gasteiger partial charge in [0, 0.05) is 23.5 Å². The smallest absolute Gasteiger partial charge is 0.272 e. The average Bonchev–Trinajstić information content (AvgIpc) is 2.71. The van der Waals surface area contributed by atoms with Gasteiger partial charge in [-0.1, -0.05) is 30.3 Å². The van der Waals surface area contributed by atoms with Crippen molar-refractivity contribution in [2.24, 2.45) is 0 Å². The quantitative estimate of drug-likeness (QED) is 0.572. The second-order valence-electron chi connectivity index (χ2n) is 6.96. The zero-order chi connectivity index (χ0) is 18.4. The molecule has 2 N–H and O–H groups in total. The molecule has 27 heavy (non-hydrogen) atoms. The van der Waals surface area contributed by atoms with Gasteiger partial charge in [-0.3, -0.25) is 9.78 Å². The molecular formula is C22H18N4O. The van der Waals surface area contributed by atoms with Crippen LogP contribution in [0.2, 0.25) is 0 Å². The topological polar surface area (TPSA) is 70.7 Å². The Balaban J connectivity index is 1.83. The number of benzene rings is 2. The zero-order valence-corrected chi connectivity index (χ0v) is 14.8. The van der Waals surface area contributed by atoms with Crippen molar-refractivity contribution in [2.45, 2.75) is 18.9 Å². The van der Waals surface area contributed by atoms with Crippen molar-refractivity contribution in [2.75, 3.05) is 5.32 Å². The van der Waals surface area contributed by atoms with E-state index in [-0.39, 0.29) is 17.5 Å². The summed E-state index contributed by atoms with van der Waals surface area (Å²) in [4.78, 5) is 16.6. The third kappa shape index (κ3) is 2.51. The molecule has 0 fully saturated rings. The molecular weight excluding hydrogens is 336 g/mol. The largest absolute Gasteiger partial charge is 0.377 e. The Morgan fingerprint density at radius 2 is 1.74 bits per heavy atom. The van der Waals surface area contributed by atoms with Crippen LogP contribution in [0.15, 0.2) is 71.8 Å². The van der Waals surface area contributed by atoms with E-state index in [1.54, 1.807) is 12.4 Å². The fourth-order valence-electron chi connectivity index (χ4n) is 4.07. The van der Waals surface area contributed by atoms with E-state index >= 15 is 0 Å². The number of anilines is 1. The Kier molecular flexibility index (Phi) is 3.53. The van der Waals surface area contributed by atoms with Crippen LogP contribution in [0.1, 0.15) is 34.3 Å². The van der Waals surface area contributed by atoms with Crippen LogP contribution in [-0.2, 0) is 0 Å². The van der Waals surface area contributed by atoms with Gasteiger partial charge in [-0.2, -0.15) is 5.10 Å². The fraction of sp³-hybridized carbons (Fsp3) is 0.136. The minimum Gasteiger partial charge on any atom is -0.377 e. The van der Waals surface area contributed by atoms with Crippen molar-refractivity contribution < 1.29 is 0 Å². The Hall–Kier alpha value is -3.47. The molecule has 0 spiro atoms. The van der Waals surface area contributed by atoms with Crippen molar-refractivity contribution in [3.8, 4) is 0 Å². The molecule has 1 aliphatic heterocycles. The molecule has 2 aromatic carbocycles. The first kappa shape index (κ1) is 15.8. The minimum atomic E-state index is -0.158. The summed E-state index contributed by atoms with van der Waals surface area (Å²) in [6.07, 6.45) is 3.61. The van der Waals surface area contributed by atoms with Crippen molar-refractivity contribution >= 4 is 16.5 Å². The van der Waals surface area contributed by atoms with Crippen LogP contribution in [-0.4, -0.2) is 15.2 Å². The van der Waals surface area contributed by atoms with Gasteiger partial charge in [0.15, 0.2) is 0 Å². The predicted molar refractivity (Wildman–Crippen MR) is 106 cm³/mol. The number of H-pyrrole nitrogens is 1. The Labute approximate surface area is 156 Å². The monoisotopic (exact) mass is 354 g/mol. The minimum absolute atomic E-state index is 0.00805. The molecule has 5 heteroatoms. The molecule has 2 atom stereocenters. The van der Waals surface area contributed by atoms with E-state index in [0.29, 0.717) is 5.39 Å². The second kappa shape index (κ2) is 6.06. The van der Waals surface area contributed by atoms with Crippen LogP contribution in [0, 0.1) is 6.92 Å². The van der Waals surface area contributed by atoms with Crippen molar-refractivity contribution in [3.63, 3.8) is 0 Å². The first-order chi connectivity index (χ1) is 13.2. The molecule has 4 aromatic rings. The third-order valence-electron chi connectivity index (χ3n) is 5.22. The highest BCUT2D eigenvalue weighted by Gasteiger charge is 2.34. The van der Waals surface area contributed by atoms with E-state index in [1.165, 1.54) is 0 Å². The number of aromatic nitrogens is 3. The van der Waals surface area contributed by atoms with Crippen LogP contribution in [0.4, 0.5) is 5.69 Å². The molecule has 0 amide bonds. The van der Waals surface area contributed by atoms with E-state index in [2.05, 4.69) is 38.7 Å². The highest BCUT2D eigenvalue weighted by atomic mass is 16.1. The van der Waals surface area contributed by atoms with E-state index in [9.17, 15) is 4.79 Å². The van der Waals surface area contributed by atoms with E-state index in [1.807, 2.05) is 43.3 Å². The molecule has 1 aliphatic rings. The molecule has 5 rings (SSSR count). The Morgan fingerprint density at radius 1 is 0.963 bits per heavy atom. The van der Waals surface area contributed by atoms with Gasteiger partial charge >= 0.3 is 0 Å². The Morgan fingerprint density at radius 3 is 2.52 bits per heavy atom. The molecule has 3 heterocycles. The summed E-state index contributed by atoms with van der Waals surface area (Å²) in [5.74, 6) is -0.0249. The van der Waals surface area contributed by atoms with Crippen molar-refractivity contribution in [3.05, 3.63) is 99.7 Å². The average molecular weight is 354 g/mol. The van der Waals surface area contributed by atoms with Gasteiger partial charge in [-0.05, 0) is 47.9 Å². The summed E-state index contributed by atoms with van der Waals surface area (Å²) in [7, 11) is 0. The van der Waals surface area contributed by atoms with E-state index in [4.69, 9.17) is 0 Å². The maximum atomic E-state index is 12.4. The van der Waals surface area contributed by atoms with Gasteiger partial charge in [0.25, 0.3) is 5.56 Å². The van der Waals surface area contributed by atoms with Gasteiger partial charge in [-0.25, -0.2) is 5.10 Å². The van der Waals surface area contributed by atoms with Crippen LogP contribution in [0.3, 0.4) is 0 Å². The second-order valence-corrected chi connectivity index (χ2v) is 6.96. The first-order valence-electron chi connectivity index (χ1n) is 8.97. The number of hydrogen-bond donors (Lipinski definition) is 2. The zero-order valence-electron chi connectivity index (χ0n) is 14.8. The highest BCUT2D eigenvalue weighted by Crippen LogP contribution is 2.46. The van der Waals surface area contributed by atoms with Crippen LogP contribution in [0.25, 0.3) is 10.8 Å². The van der Waals surface area contributed by atoms with Gasteiger partial charge in [-0.15, -0.1) is 0 Å². The van der Waals surface area contributed by atoms with Gasteiger partial charge in [0.2, 0.25) is 0 Å². The SMILES string of the molecule is Cc1cc2c3c(n[nH]c(=O)c3c1)C(c1ccccc1)C(c1ccncc1)N2.